The summed E-state index contributed by atoms with van der Waals surface area (Å²) >= 11 is 0. The van der Waals surface area contributed by atoms with Crippen LogP contribution in [-0.2, 0) is 11.0 Å². The number of benzene rings is 1. The molecule has 0 atom stereocenters. The highest BCUT2D eigenvalue weighted by Crippen LogP contribution is 2.35. The molecular weight excluding hydrogens is 449 g/mol. The fourth-order valence-electron chi connectivity index (χ4n) is 4.73. The largest absolute Gasteiger partial charge is 0.416 e. The van der Waals surface area contributed by atoms with Crippen molar-refractivity contribution in [1.29, 1.82) is 0 Å². The third kappa shape index (κ3) is 5.85. The van der Waals surface area contributed by atoms with Crippen LogP contribution < -0.4 is 16.2 Å². The van der Waals surface area contributed by atoms with Crippen molar-refractivity contribution in [3.63, 3.8) is 0 Å². The van der Waals surface area contributed by atoms with Gasteiger partial charge in [0.05, 0.1) is 18.2 Å². The zero-order valence-electron chi connectivity index (χ0n) is 18.5. The number of likely N-dealkylation sites (tertiary alicyclic amines) is 1. The third-order valence-electron chi connectivity index (χ3n) is 6.63. The van der Waals surface area contributed by atoms with E-state index in [1.165, 1.54) is 11.6 Å². The summed E-state index contributed by atoms with van der Waals surface area (Å²) in [6.07, 6.45) is 1.46. The van der Waals surface area contributed by atoms with E-state index in [4.69, 9.17) is 0 Å². The fourth-order valence-corrected chi connectivity index (χ4v) is 4.73. The maximum atomic E-state index is 12.8. The van der Waals surface area contributed by atoms with Crippen LogP contribution in [0.3, 0.4) is 0 Å². The van der Waals surface area contributed by atoms with Crippen molar-refractivity contribution in [2.45, 2.75) is 49.9 Å². The van der Waals surface area contributed by atoms with E-state index in [9.17, 15) is 27.6 Å². The molecule has 182 valence electrons. The Morgan fingerprint density at radius 3 is 2.44 bits per heavy atom. The second-order valence-corrected chi connectivity index (χ2v) is 8.97. The first-order chi connectivity index (χ1) is 16.2. The Kier molecular flexibility index (Phi) is 7.06. The summed E-state index contributed by atoms with van der Waals surface area (Å²) in [5.74, 6) is -0.646. The molecule has 2 aliphatic rings. The van der Waals surface area contributed by atoms with Gasteiger partial charge >= 0.3 is 6.18 Å². The van der Waals surface area contributed by atoms with Crippen LogP contribution in [0.2, 0.25) is 0 Å². The molecule has 0 spiro atoms. The number of carbonyl (C=O) groups excluding carboxylic acids is 2. The minimum Gasteiger partial charge on any atom is -0.349 e. The van der Waals surface area contributed by atoms with E-state index in [1.54, 1.807) is 12.3 Å². The highest BCUT2D eigenvalue weighted by atomic mass is 19.4. The van der Waals surface area contributed by atoms with Crippen LogP contribution in [0.25, 0.3) is 0 Å². The molecule has 0 unspecified atom stereocenters. The number of amides is 2. The van der Waals surface area contributed by atoms with E-state index in [2.05, 4.69) is 20.5 Å². The number of rotatable bonds is 6. The van der Waals surface area contributed by atoms with Crippen molar-refractivity contribution in [3.05, 3.63) is 69.6 Å². The van der Waals surface area contributed by atoms with Crippen LogP contribution in [0.15, 0.2) is 47.4 Å². The highest BCUT2D eigenvalue weighted by Gasteiger charge is 2.35. The molecule has 0 radical (unpaired) electrons. The number of carbonyl (C=O) groups is 2. The van der Waals surface area contributed by atoms with Crippen LogP contribution in [0.5, 0.6) is 0 Å². The van der Waals surface area contributed by atoms with E-state index >= 15 is 0 Å². The Bertz CT molecular complexity index is 1070. The summed E-state index contributed by atoms with van der Waals surface area (Å²) in [7, 11) is 0. The molecule has 1 aromatic carbocycles. The van der Waals surface area contributed by atoms with Gasteiger partial charge in [-0.2, -0.15) is 13.2 Å². The second kappa shape index (κ2) is 10.0. The first-order valence-electron chi connectivity index (χ1n) is 11.4. The van der Waals surface area contributed by atoms with Gasteiger partial charge in [0.15, 0.2) is 0 Å². The van der Waals surface area contributed by atoms with Crippen molar-refractivity contribution in [2.24, 2.45) is 0 Å². The summed E-state index contributed by atoms with van der Waals surface area (Å²) in [5.41, 5.74) is 0.0158. The summed E-state index contributed by atoms with van der Waals surface area (Å²) in [4.78, 5) is 40.6. The van der Waals surface area contributed by atoms with E-state index in [-0.39, 0.29) is 29.6 Å². The molecule has 1 saturated carbocycles. The smallest absolute Gasteiger partial charge is 0.349 e. The lowest BCUT2D eigenvalue weighted by Crippen LogP contribution is -2.63. The van der Waals surface area contributed by atoms with Crippen LogP contribution in [0.4, 0.5) is 13.2 Å². The zero-order valence-corrected chi connectivity index (χ0v) is 18.5. The molecule has 1 aliphatic carbocycles. The van der Waals surface area contributed by atoms with Crippen molar-refractivity contribution < 1.29 is 22.8 Å². The predicted octanol–water partition coefficient (Wildman–Crippen LogP) is 2.65. The molecule has 2 fully saturated rings. The Balaban J connectivity index is 1.16. The third-order valence-corrected chi connectivity index (χ3v) is 6.63. The number of hydrogen-bond acceptors (Lipinski definition) is 4. The Morgan fingerprint density at radius 1 is 1.06 bits per heavy atom. The lowest BCUT2D eigenvalue weighted by atomic mass is 9.81. The topological polar surface area (TPSA) is 94.3 Å². The SMILES string of the molecule is O=C(CNC(=O)c1cccc(C(F)(F)F)c1)NC1CN(C2CCC(c3ccc(=O)[nH]c3)CC2)C1. The number of aromatic amines is 1. The van der Waals surface area contributed by atoms with Crippen LogP contribution in [0, 0.1) is 0 Å². The quantitative estimate of drug-likeness (QED) is 0.598. The molecule has 10 heteroatoms. The molecule has 0 bridgehead atoms. The minimum absolute atomic E-state index is 0.00474. The Hall–Kier alpha value is -3.14. The molecule has 3 N–H and O–H groups in total. The van der Waals surface area contributed by atoms with Crippen molar-refractivity contribution in [1.82, 2.24) is 20.5 Å². The summed E-state index contributed by atoms with van der Waals surface area (Å²) in [5, 5.41) is 5.23. The molecule has 7 nitrogen and oxygen atoms in total. The monoisotopic (exact) mass is 476 g/mol. The van der Waals surface area contributed by atoms with E-state index < -0.39 is 17.6 Å². The van der Waals surface area contributed by atoms with Gasteiger partial charge in [-0.05, 0) is 55.4 Å². The van der Waals surface area contributed by atoms with Gasteiger partial charge in [0, 0.05) is 37.0 Å². The number of halogens is 3. The molecule has 34 heavy (non-hydrogen) atoms. The van der Waals surface area contributed by atoms with Gasteiger partial charge in [0.1, 0.15) is 0 Å². The predicted molar refractivity (Wildman–Crippen MR) is 119 cm³/mol. The van der Waals surface area contributed by atoms with Crippen LogP contribution in [-0.4, -0.2) is 53.4 Å². The fraction of sp³-hybridized carbons (Fsp3) is 0.458. The highest BCUT2D eigenvalue weighted by molar-refractivity contribution is 5.96. The van der Waals surface area contributed by atoms with Gasteiger partial charge in [0.2, 0.25) is 11.5 Å². The van der Waals surface area contributed by atoms with Crippen molar-refractivity contribution in [2.75, 3.05) is 19.6 Å². The average molecular weight is 476 g/mol. The van der Waals surface area contributed by atoms with Gasteiger partial charge < -0.3 is 15.6 Å². The van der Waals surface area contributed by atoms with Gasteiger partial charge in [-0.1, -0.05) is 12.1 Å². The number of aromatic nitrogens is 1. The number of H-pyrrole nitrogens is 1. The van der Waals surface area contributed by atoms with Gasteiger partial charge in [0.25, 0.3) is 5.91 Å². The zero-order chi connectivity index (χ0) is 24.3. The first kappa shape index (κ1) is 24.0. The molecule has 1 saturated heterocycles. The average Bonchev–Trinajstić information content (AvgIpc) is 2.80. The van der Waals surface area contributed by atoms with Crippen LogP contribution >= 0.6 is 0 Å². The number of alkyl halides is 3. The van der Waals surface area contributed by atoms with Crippen LogP contribution in [0.1, 0.15) is 53.1 Å². The number of pyridine rings is 1. The van der Waals surface area contributed by atoms with E-state index in [0.717, 1.165) is 57.0 Å². The second-order valence-electron chi connectivity index (χ2n) is 8.97. The van der Waals surface area contributed by atoms with Gasteiger partial charge in [-0.25, -0.2) is 0 Å². The van der Waals surface area contributed by atoms with Gasteiger partial charge in [-0.3, -0.25) is 19.3 Å². The Labute approximate surface area is 194 Å². The molecule has 2 heterocycles. The lowest BCUT2D eigenvalue weighted by molar-refractivity contribution is -0.137. The molecule has 1 aliphatic heterocycles. The molecular formula is C24H27F3N4O3. The minimum atomic E-state index is -4.54. The first-order valence-corrected chi connectivity index (χ1v) is 11.4. The van der Waals surface area contributed by atoms with Gasteiger partial charge in [-0.15, -0.1) is 0 Å². The number of nitrogens with one attached hydrogen (secondary N) is 3. The maximum absolute atomic E-state index is 12.8. The summed E-state index contributed by atoms with van der Waals surface area (Å²) < 4.78 is 38.4. The van der Waals surface area contributed by atoms with Crippen molar-refractivity contribution >= 4 is 11.8 Å². The Morgan fingerprint density at radius 2 is 1.79 bits per heavy atom. The van der Waals surface area contributed by atoms with E-state index in [0.29, 0.717) is 12.0 Å². The van der Waals surface area contributed by atoms with Crippen molar-refractivity contribution in [3.8, 4) is 0 Å². The lowest BCUT2D eigenvalue weighted by Gasteiger charge is -2.46. The molecule has 2 amide bonds. The van der Waals surface area contributed by atoms with E-state index in [1.807, 2.05) is 6.07 Å². The normalized spacial score (nSPS) is 21.5. The molecule has 2 aromatic rings. The molecule has 4 rings (SSSR count). The molecule has 1 aromatic heterocycles. The standard InChI is InChI=1S/C24H27F3N4O3/c25-24(26,27)18-3-1-2-16(10-18)23(34)29-12-22(33)30-19-13-31(14-19)20-7-4-15(5-8-20)17-6-9-21(32)28-11-17/h1-3,6,9-11,15,19-20H,4-5,7-8,12-14H2,(H,28,32)(H,29,34)(H,30,33). The maximum Gasteiger partial charge on any atom is 0.416 e. The number of nitrogens with zero attached hydrogens (tertiary/aromatic N) is 1. The number of hydrogen-bond donors (Lipinski definition) is 3. The summed E-state index contributed by atoms with van der Waals surface area (Å²) in [6, 6.07) is 8.01. The summed E-state index contributed by atoms with van der Waals surface area (Å²) in [6.45, 7) is 1.18.